The van der Waals surface area contributed by atoms with Crippen molar-refractivity contribution in [3.05, 3.63) is 75.6 Å². The minimum Gasteiger partial charge on any atom is -0.468 e. The van der Waals surface area contributed by atoms with Crippen LogP contribution in [0.15, 0.2) is 51.9 Å². The second-order valence-electron chi connectivity index (χ2n) is 6.33. The van der Waals surface area contributed by atoms with Crippen LogP contribution in [0.25, 0.3) is 11.4 Å². The fraction of sp³-hybridized carbons (Fsp3) is 0.263. The zero-order valence-electron chi connectivity index (χ0n) is 14.8. The second-order valence-corrected chi connectivity index (χ2v) is 6.33. The van der Waals surface area contributed by atoms with Crippen molar-refractivity contribution >= 4 is 0 Å². The van der Waals surface area contributed by atoms with E-state index < -0.39 is 23.0 Å². The van der Waals surface area contributed by atoms with Gasteiger partial charge in [-0.1, -0.05) is 24.3 Å². The molecule has 0 unspecified atom stereocenters. The third-order valence-corrected chi connectivity index (χ3v) is 4.11. The highest BCUT2D eigenvalue weighted by Crippen LogP contribution is 2.30. The van der Waals surface area contributed by atoms with Crippen LogP contribution in [0, 0.1) is 6.92 Å². The van der Waals surface area contributed by atoms with E-state index in [1.54, 1.807) is 30.5 Å². The van der Waals surface area contributed by atoms with E-state index in [0.717, 1.165) is 18.2 Å². The molecule has 1 aromatic carbocycles. The lowest BCUT2D eigenvalue weighted by Gasteiger charge is -2.15. The van der Waals surface area contributed by atoms with E-state index in [4.69, 9.17) is 4.42 Å². The van der Waals surface area contributed by atoms with Crippen molar-refractivity contribution in [2.45, 2.75) is 26.2 Å². The molecule has 2 aromatic heterocycles. The Hall–Kier alpha value is -2.87. The van der Waals surface area contributed by atoms with E-state index in [-0.39, 0.29) is 5.82 Å². The summed E-state index contributed by atoms with van der Waals surface area (Å²) in [6.45, 7) is 2.37. The van der Waals surface area contributed by atoms with Gasteiger partial charge in [0.15, 0.2) is 5.69 Å². The van der Waals surface area contributed by atoms with Crippen LogP contribution in [0.3, 0.4) is 0 Å². The molecule has 0 radical (unpaired) electrons. The first kappa shape index (κ1) is 18.9. The lowest BCUT2D eigenvalue weighted by molar-refractivity contribution is -0.141. The summed E-state index contributed by atoms with van der Waals surface area (Å²) in [5.74, 6) is 0.739. The molecular formula is C19H18F3N3O2. The molecule has 2 heterocycles. The Morgan fingerprint density at radius 3 is 2.44 bits per heavy atom. The predicted octanol–water partition coefficient (Wildman–Crippen LogP) is 3.99. The monoisotopic (exact) mass is 377 g/mol. The molecule has 0 saturated heterocycles. The number of alkyl halides is 3. The Morgan fingerprint density at radius 1 is 1.15 bits per heavy atom. The lowest BCUT2D eigenvalue weighted by atomic mass is 10.1. The maximum atomic E-state index is 13.1. The first-order chi connectivity index (χ1) is 12.7. The molecule has 0 bridgehead atoms. The van der Waals surface area contributed by atoms with Crippen LogP contribution < -0.4 is 5.56 Å². The number of hydrogen-bond acceptors (Lipinski definition) is 4. The average molecular weight is 377 g/mol. The van der Waals surface area contributed by atoms with Gasteiger partial charge in [0.05, 0.1) is 12.8 Å². The summed E-state index contributed by atoms with van der Waals surface area (Å²) in [7, 11) is 1.94. The maximum Gasteiger partial charge on any atom is 0.433 e. The third kappa shape index (κ3) is 4.46. The van der Waals surface area contributed by atoms with Gasteiger partial charge < -0.3 is 9.40 Å². The minimum atomic E-state index is -4.68. The van der Waals surface area contributed by atoms with Crippen molar-refractivity contribution in [2.75, 3.05) is 7.05 Å². The largest absolute Gasteiger partial charge is 0.468 e. The molecule has 0 saturated carbocycles. The Labute approximate surface area is 153 Å². The van der Waals surface area contributed by atoms with E-state index in [1.165, 1.54) is 0 Å². The van der Waals surface area contributed by atoms with E-state index in [9.17, 15) is 18.0 Å². The number of halogens is 3. The number of aromatic amines is 1. The molecule has 0 aliphatic rings. The Kier molecular flexibility index (Phi) is 5.18. The standard InChI is InChI=1S/C19H18F3N3O2/c1-12-16(19(20,21)22)23-17(24-18(12)26)14-7-5-13(6-8-14)10-25(2)11-15-4-3-9-27-15/h3-9H,10-11H2,1-2H3,(H,23,24,26). The van der Waals surface area contributed by atoms with Gasteiger partial charge in [-0.25, -0.2) is 4.98 Å². The van der Waals surface area contributed by atoms with Crippen LogP contribution in [0.5, 0.6) is 0 Å². The fourth-order valence-corrected chi connectivity index (χ4v) is 2.75. The highest BCUT2D eigenvalue weighted by molar-refractivity contribution is 5.55. The normalized spacial score (nSPS) is 11.9. The Bertz CT molecular complexity index is 961. The van der Waals surface area contributed by atoms with Gasteiger partial charge in [-0.15, -0.1) is 0 Å². The number of benzene rings is 1. The van der Waals surface area contributed by atoms with Gasteiger partial charge in [0.2, 0.25) is 0 Å². The van der Waals surface area contributed by atoms with Crippen LogP contribution in [0.1, 0.15) is 22.6 Å². The van der Waals surface area contributed by atoms with Crippen LogP contribution in [-0.4, -0.2) is 21.9 Å². The molecule has 0 fully saturated rings. The van der Waals surface area contributed by atoms with E-state index in [0.29, 0.717) is 18.7 Å². The Balaban J connectivity index is 1.79. The smallest absolute Gasteiger partial charge is 0.433 e. The zero-order chi connectivity index (χ0) is 19.6. The van der Waals surface area contributed by atoms with Gasteiger partial charge in [0.25, 0.3) is 5.56 Å². The first-order valence-electron chi connectivity index (χ1n) is 8.22. The van der Waals surface area contributed by atoms with Gasteiger partial charge >= 0.3 is 6.18 Å². The first-order valence-corrected chi connectivity index (χ1v) is 8.22. The summed E-state index contributed by atoms with van der Waals surface area (Å²) in [5.41, 5.74) is -1.02. The zero-order valence-corrected chi connectivity index (χ0v) is 14.8. The lowest BCUT2D eigenvalue weighted by Crippen LogP contribution is -2.21. The molecule has 0 spiro atoms. The van der Waals surface area contributed by atoms with Crippen LogP contribution in [-0.2, 0) is 19.3 Å². The van der Waals surface area contributed by atoms with Crippen molar-refractivity contribution in [3.63, 3.8) is 0 Å². The number of H-pyrrole nitrogens is 1. The quantitative estimate of drug-likeness (QED) is 0.730. The summed E-state index contributed by atoms with van der Waals surface area (Å²) in [6.07, 6.45) is -3.07. The van der Waals surface area contributed by atoms with Crippen LogP contribution >= 0.6 is 0 Å². The number of nitrogens with zero attached hydrogens (tertiary/aromatic N) is 2. The third-order valence-electron chi connectivity index (χ3n) is 4.11. The summed E-state index contributed by atoms with van der Waals surface area (Å²) in [6, 6.07) is 10.6. The summed E-state index contributed by atoms with van der Waals surface area (Å²) < 4.78 is 44.5. The highest BCUT2D eigenvalue weighted by Gasteiger charge is 2.36. The molecule has 5 nitrogen and oxygen atoms in total. The molecule has 1 N–H and O–H groups in total. The second kappa shape index (κ2) is 7.40. The van der Waals surface area contributed by atoms with Crippen molar-refractivity contribution in [1.82, 2.24) is 14.9 Å². The summed E-state index contributed by atoms with van der Waals surface area (Å²) >= 11 is 0. The number of aromatic nitrogens is 2. The van der Waals surface area contributed by atoms with Crippen molar-refractivity contribution in [2.24, 2.45) is 0 Å². The van der Waals surface area contributed by atoms with Gasteiger partial charge in [0.1, 0.15) is 11.6 Å². The highest BCUT2D eigenvalue weighted by atomic mass is 19.4. The minimum absolute atomic E-state index is 0.103. The van der Waals surface area contributed by atoms with E-state index >= 15 is 0 Å². The summed E-state index contributed by atoms with van der Waals surface area (Å²) in [4.78, 5) is 19.9. The average Bonchev–Trinajstić information content (AvgIpc) is 3.09. The SMILES string of the molecule is Cc1c(C(F)(F)F)nc(-c2ccc(CN(C)Cc3ccco3)cc2)[nH]c1=O. The molecule has 3 aromatic rings. The molecule has 27 heavy (non-hydrogen) atoms. The van der Waals surface area contributed by atoms with Gasteiger partial charge in [0, 0.05) is 17.7 Å². The van der Waals surface area contributed by atoms with Gasteiger partial charge in [-0.3, -0.25) is 9.69 Å². The van der Waals surface area contributed by atoms with Crippen molar-refractivity contribution in [3.8, 4) is 11.4 Å². The number of hydrogen-bond donors (Lipinski definition) is 1. The van der Waals surface area contributed by atoms with Crippen LogP contribution in [0.2, 0.25) is 0 Å². The number of nitrogens with one attached hydrogen (secondary N) is 1. The molecule has 0 atom stereocenters. The molecule has 0 amide bonds. The molecule has 0 aliphatic carbocycles. The van der Waals surface area contributed by atoms with Gasteiger partial charge in [-0.05, 0) is 31.7 Å². The number of furan rings is 1. The maximum absolute atomic E-state index is 13.1. The van der Waals surface area contributed by atoms with E-state index in [2.05, 4.69) is 9.97 Å². The van der Waals surface area contributed by atoms with Crippen molar-refractivity contribution in [1.29, 1.82) is 0 Å². The summed E-state index contributed by atoms with van der Waals surface area (Å²) in [5, 5.41) is 0. The van der Waals surface area contributed by atoms with E-state index in [1.807, 2.05) is 24.1 Å². The van der Waals surface area contributed by atoms with Gasteiger partial charge in [-0.2, -0.15) is 13.2 Å². The topological polar surface area (TPSA) is 62.1 Å². The molecule has 0 aliphatic heterocycles. The molecule has 3 rings (SSSR count). The predicted molar refractivity (Wildman–Crippen MR) is 93.9 cm³/mol. The van der Waals surface area contributed by atoms with Crippen molar-refractivity contribution < 1.29 is 17.6 Å². The molecule has 142 valence electrons. The molecular weight excluding hydrogens is 359 g/mol. The number of rotatable bonds is 5. The Morgan fingerprint density at radius 2 is 1.85 bits per heavy atom. The fourth-order valence-electron chi connectivity index (χ4n) is 2.75. The van der Waals surface area contributed by atoms with Crippen LogP contribution in [0.4, 0.5) is 13.2 Å². The molecule has 8 heteroatoms.